The van der Waals surface area contributed by atoms with E-state index in [2.05, 4.69) is 5.32 Å². The molecule has 150 valence electrons. The Balaban J connectivity index is 1.86. The lowest BCUT2D eigenvalue weighted by Crippen LogP contribution is -2.57. The molecule has 1 saturated heterocycles. The summed E-state index contributed by atoms with van der Waals surface area (Å²) in [4.78, 5) is 25.7. The molecule has 0 bridgehead atoms. The smallest absolute Gasteiger partial charge is 0.407 e. The van der Waals surface area contributed by atoms with E-state index in [0.29, 0.717) is 6.54 Å². The predicted octanol–water partition coefficient (Wildman–Crippen LogP) is 3.06. The van der Waals surface area contributed by atoms with Crippen molar-refractivity contribution in [1.29, 1.82) is 0 Å². The van der Waals surface area contributed by atoms with Gasteiger partial charge in [-0.2, -0.15) is 0 Å². The van der Waals surface area contributed by atoms with Crippen LogP contribution in [0.3, 0.4) is 0 Å². The number of halogens is 1. The Bertz CT molecular complexity index is 643. The van der Waals surface area contributed by atoms with E-state index in [1.165, 1.54) is 6.92 Å². The number of likely N-dealkylation sites (tertiary alicyclic amines) is 1. The molecule has 2 atom stereocenters. The van der Waals surface area contributed by atoms with Crippen molar-refractivity contribution in [1.82, 2.24) is 10.2 Å². The molecule has 0 saturated carbocycles. The van der Waals surface area contributed by atoms with E-state index in [4.69, 9.17) is 9.47 Å². The molecular weight excluding hydrogens is 351 g/mol. The fraction of sp³-hybridized carbons (Fsp3) is 0.600. The maximum Gasteiger partial charge on any atom is 0.407 e. The first-order chi connectivity index (χ1) is 12.5. The third kappa shape index (κ3) is 7.95. The summed E-state index contributed by atoms with van der Waals surface area (Å²) in [6, 6.07) is 8.93. The summed E-state index contributed by atoms with van der Waals surface area (Å²) in [7, 11) is 0. The van der Waals surface area contributed by atoms with E-state index in [0.717, 1.165) is 5.56 Å². The second kappa shape index (κ2) is 8.69. The highest BCUT2D eigenvalue weighted by Crippen LogP contribution is 2.25. The van der Waals surface area contributed by atoms with Gasteiger partial charge >= 0.3 is 12.1 Å². The SMILES string of the molecule is CC(C)(C)OC(=O)N[C@@H]1CN(CC(=O)OCc2ccccc2)C[C@@](C)(F)C1. The maximum absolute atomic E-state index is 14.7. The molecule has 1 aromatic rings. The molecule has 1 heterocycles. The molecule has 1 fully saturated rings. The van der Waals surface area contributed by atoms with Crippen LogP contribution in [0.1, 0.15) is 39.7 Å². The highest BCUT2D eigenvalue weighted by Gasteiger charge is 2.38. The number of piperidine rings is 1. The van der Waals surface area contributed by atoms with Crippen LogP contribution in [0, 0.1) is 0 Å². The minimum Gasteiger partial charge on any atom is -0.460 e. The summed E-state index contributed by atoms with van der Waals surface area (Å²) in [5.74, 6) is -0.424. The van der Waals surface area contributed by atoms with Gasteiger partial charge in [0.25, 0.3) is 0 Å². The topological polar surface area (TPSA) is 67.9 Å². The zero-order chi connectivity index (χ0) is 20.1. The van der Waals surface area contributed by atoms with Crippen molar-refractivity contribution < 1.29 is 23.5 Å². The number of carbonyl (C=O) groups is 2. The predicted molar refractivity (Wildman–Crippen MR) is 100.0 cm³/mol. The van der Waals surface area contributed by atoms with E-state index in [1.54, 1.807) is 25.7 Å². The number of alkyl carbamates (subject to hydrolysis) is 1. The molecule has 27 heavy (non-hydrogen) atoms. The summed E-state index contributed by atoms with van der Waals surface area (Å²) in [6.07, 6.45) is -0.418. The molecule has 0 radical (unpaired) electrons. The van der Waals surface area contributed by atoms with Crippen LogP contribution in [-0.2, 0) is 20.9 Å². The Morgan fingerprint density at radius 2 is 1.96 bits per heavy atom. The number of hydrogen-bond donors (Lipinski definition) is 1. The van der Waals surface area contributed by atoms with Crippen LogP contribution < -0.4 is 5.32 Å². The second-order valence-corrected chi connectivity index (χ2v) is 8.28. The number of benzene rings is 1. The van der Waals surface area contributed by atoms with Crippen LogP contribution in [0.2, 0.25) is 0 Å². The number of hydrogen-bond acceptors (Lipinski definition) is 5. The number of nitrogens with zero attached hydrogens (tertiary/aromatic N) is 1. The van der Waals surface area contributed by atoms with Crippen LogP contribution in [-0.4, -0.2) is 53.9 Å². The minimum atomic E-state index is -1.52. The van der Waals surface area contributed by atoms with Gasteiger partial charge < -0.3 is 14.8 Å². The number of ether oxygens (including phenoxy) is 2. The Morgan fingerprint density at radius 3 is 2.59 bits per heavy atom. The van der Waals surface area contributed by atoms with Crippen molar-refractivity contribution in [3.05, 3.63) is 35.9 Å². The molecule has 1 aliphatic rings. The van der Waals surface area contributed by atoms with Crippen molar-refractivity contribution in [2.45, 2.75) is 58.0 Å². The van der Waals surface area contributed by atoms with Crippen LogP contribution in [0.25, 0.3) is 0 Å². The molecule has 1 aliphatic heterocycles. The lowest BCUT2D eigenvalue weighted by molar-refractivity contribution is -0.147. The van der Waals surface area contributed by atoms with E-state index < -0.39 is 29.4 Å². The highest BCUT2D eigenvalue weighted by molar-refractivity contribution is 5.72. The normalized spacial score (nSPS) is 23.5. The van der Waals surface area contributed by atoms with Crippen LogP contribution in [0.15, 0.2) is 30.3 Å². The van der Waals surface area contributed by atoms with Crippen molar-refractivity contribution in [2.24, 2.45) is 0 Å². The third-order valence-corrected chi connectivity index (χ3v) is 4.02. The molecule has 2 rings (SSSR count). The molecular formula is C20H29FN2O4. The lowest BCUT2D eigenvalue weighted by atomic mass is 9.93. The maximum atomic E-state index is 14.7. The Hall–Kier alpha value is -2.15. The number of rotatable bonds is 5. The summed E-state index contributed by atoms with van der Waals surface area (Å²) < 4.78 is 25.2. The first-order valence-electron chi connectivity index (χ1n) is 9.13. The molecule has 0 aliphatic carbocycles. The van der Waals surface area contributed by atoms with Gasteiger partial charge in [-0.25, -0.2) is 9.18 Å². The van der Waals surface area contributed by atoms with Crippen molar-refractivity contribution in [2.75, 3.05) is 19.6 Å². The number of carbonyl (C=O) groups excluding carboxylic acids is 2. The second-order valence-electron chi connectivity index (χ2n) is 8.28. The zero-order valence-corrected chi connectivity index (χ0v) is 16.5. The van der Waals surface area contributed by atoms with Crippen molar-refractivity contribution >= 4 is 12.1 Å². The van der Waals surface area contributed by atoms with Gasteiger partial charge in [0.1, 0.15) is 17.9 Å². The average molecular weight is 380 g/mol. The Kier molecular flexibility index (Phi) is 6.81. The zero-order valence-electron chi connectivity index (χ0n) is 16.5. The van der Waals surface area contributed by atoms with E-state index >= 15 is 0 Å². The lowest BCUT2D eigenvalue weighted by Gasteiger charge is -2.39. The van der Waals surface area contributed by atoms with Gasteiger partial charge in [0.15, 0.2) is 0 Å². The van der Waals surface area contributed by atoms with E-state index in [9.17, 15) is 14.0 Å². The van der Waals surface area contributed by atoms with Gasteiger partial charge in [-0.15, -0.1) is 0 Å². The van der Waals surface area contributed by atoms with Gasteiger partial charge in [0.2, 0.25) is 0 Å². The monoisotopic (exact) mass is 380 g/mol. The highest BCUT2D eigenvalue weighted by atomic mass is 19.1. The van der Waals surface area contributed by atoms with E-state index in [-0.39, 0.29) is 26.1 Å². The quantitative estimate of drug-likeness (QED) is 0.795. The number of amides is 1. The molecule has 0 spiro atoms. The van der Waals surface area contributed by atoms with Gasteiger partial charge in [-0.1, -0.05) is 30.3 Å². The molecule has 6 nitrogen and oxygen atoms in total. The number of nitrogens with one attached hydrogen (secondary N) is 1. The van der Waals surface area contributed by atoms with Crippen LogP contribution in [0.5, 0.6) is 0 Å². The molecule has 0 aromatic heterocycles. The molecule has 1 amide bonds. The summed E-state index contributed by atoms with van der Waals surface area (Å²) in [5, 5.41) is 2.70. The Labute approximate surface area is 160 Å². The third-order valence-electron chi connectivity index (χ3n) is 4.02. The Morgan fingerprint density at radius 1 is 1.30 bits per heavy atom. The summed E-state index contributed by atoms with van der Waals surface area (Å²) >= 11 is 0. The first-order valence-corrected chi connectivity index (χ1v) is 9.13. The van der Waals surface area contributed by atoms with Gasteiger partial charge in [-0.05, 0) is 33.3 Å². The molecule has 0 unspecified atom stereocenters. The van der Waals surface area contributed by atoms with Gasteiger partial charge in [0, 0.05) is 25.6 Å². The molecule has 1 N–H and O–H groups in total. The minimum absolute atomic E-state index is 0.0289. The molecule has 7 heteroatoms. The summed E-state index contributed by atoms with van der Waals surface area (Å²) in [6.45, 7) is 7.39. The standard InChI is InChI=1S/C20H29FN2O4/c1-19(2,3)27-18(25)22-16-10-20(4,21)14-23(11-16)12-17(24)26-13-15-8-6-5-7-9-15/h5-9,16H,10-14H2,1-4H3,(H,22,25)/t16-,20-/m0/s1. The van der Waals surface area contributed by atoms with Crippen molar-refractivity contribution in [3.63, 3.8) is 0 Å². The average Bonchev–Trinajstić information content (AvgIpc) is 2.50. The van der Waals surface area contributed by atoms with Crippen LogP contribution in [0.4, 0.5) is 9.18 Å². The number of alkyl halides is 1. The van der Waals surface area contributed by atoms with E-state index in [1.807, 2.05) is 30.3 Å². The number of esters is 1. The van der Waals surface area contributed by atoms with Crippen LogP contribution >= 0.6 is 0 Å². The fourth-order valence-electron chi connectivity index (χ4n) is 3.14. The fourth-order valence-corrected chi connectivity index (χ4v) is 3.14. The largest absolute Gasteiger partial charge is 0.460 e. The summed E-state index contributed by atoms with van der Waals surface area (Å²) in [5.41, 5.74) is -1.25. The molecule has 1 aromatic carbocycles. The first kappa shape index (κ1) is 21.2. The van der Waals surface area contributed by atoms with Gasteiger partial charge in [-0.3, -0.25) is 9.69 Å². The van der Waals surface area contributed by atoms with Crippen molar-refractivity contribution in [3.8, 4) is 0 Å². The van der Waals surface area contributed by atoms with Gasteiger partial charge in [0.05, 0.1) is 6.54 Å².